The normalized spacial score (nSPS) is 14.2. The molecular weight excluding hydrogens is 238 g/mol. The number of hydrogen-bond donors (Lipinski definition) is 3. The number of aromatic amines is 1. The van der Waals surface area contributed by atoms with Gasteiger partial charge in [-0.05, 0) is 24.8 Å². The predicted octanol–water partition coefficient (Wildman–Crippen LogP) is 2.05. The van der Waals surface area contributed by atoms with Gasteiger partial charge in [-0.1, -0.05) is 30.3 Å². The van der Waals surface area contributed by atoms with E-state index in [2.05, 4.69) is 27.4 Å². The Kier molecular flexibility index (Phi) is 5.12. The highest BCUT2D eigenvalue weighted by Crippen LogP contribution is 2.20. The molecule has 0 fully saturated rings. The summed E-state index contributed by atoms with van der Waals surface area (Å²) in [6.45, 7) is 3.38. The van der Waals surface area contributed by atoms with Gasteiger partial charge in [0.25, 0.3) is 0 Å². The molecule has 4 nitrogen and oxygen atoms in total. The topological polar surface area (TPSA) is 60.9 Å². The summed E-state index contributed by atoms with van der Waals surface area (Å²) in [5, 5.41) is 13.0. The molecule has 1 aromatic carbocycles. The summed E-state index contributed by atoms with van der Waals surface area (Å²) in [4.78, 5) is 7.25. The van der Waals surface area contributed by atoms with Gasteiger partial charge in [0.1, 0.15) is 5.82 Å². The van der Waals surface area contributed by atoms with Crippen LogP contribution in [-0.2, 0) is 6.54 Å². The van der Waals surface area contributed by atoms with Gasteiger partial charge in [-0.3, -0.25) is 0 Å². The molecular formula is C15H21N3O. The van der Waals surface area contributed by atoms with Crippen LogP contribution in [0.3, 0.4) is 0 Å². The van der Waals surface area contributed by atoms with Crippen molar-refractivity contribution in [3.63, 3.8) is 0 Å². The maximum absolute atomic E-state index is 9.62. The van der Waals surface area contributed by atoms with E-state index < -0.39 is 0 Å². The first kappa shape index (κ1) is 13.8. The number of hydrogen-bond acceptors (Lipinski definition) is 3. The van der Waals surface area contributed by atoms with Crippen molar-refractivity contribution in [2.45, 2.75) is 31.9 Å². The third-order valence-corrected chi connectivity index (χ3v) is 3.13. The molecule has 0 aliphatic carbocycles. The van der Waals surface area contributed by atoms with E-state index >= 15 is 0 Å². The summed E-state index contributed by atoms with van der Waals surface area (Å²) in [5.41, 5.74) is 1.26. The van der Waals surface area contributed by atoms with Crippen LogP contribution in [0.2, 0.25) is 0 Å². The van der Waals surface area contributed by atoms with Crippen molar-refractivity contribution < 1.29 is 5.11 Å². The first-order valence-electron chi connectivity index (χ1n) is 6.67. The number of aromatic nitrogens is 2. The second-order valence-corrected chi connectivity index (χ2v) is 4.86. The maximum atomic E-state index is 9.62. The van der Waals surface area contributed by atoms with Crippen LogP contribution >= 0.6 is 0 Å². The van der Waals surface area contributed by atoms with E-state index in [-0.39, 0.29) is 6.10 Å². The summed E-state index contributed by atoms with van der Waals surface area (Å²) in [6, 6.07) is 10.3. The molecule has 4 heteroatoms. The Balaban J connectivity index is 1.91. The maximum Gasteiger partial charge on any atom is 0.120 e. The van der Waals surface area contributed by atoms with E-state index in [4.69, 9.17) is 0 Å². The van der Waals surface area contributed by atoms with E-state index in [0.29, 0.717) is 5.92 Å². The lowest BCUT2D eigenvalue weighted by atomic mass is 9.93. The van der Waals surface area contributed by atoms with Crippen molar-refractivity contribution in [3.05, 3.63) is 54.1 Å². The summed E-state index contributed by atoms with van der Waals surface area (Å²) < 4.78 is 0. The van der Waals surface area contributed by atoms with Crippen molar-refractivity contribution in [2.75, 3.05) is 6.54 Å². The molecule has 102 valence electrons. The quantitative estimate of drug-likeness (QED) is 0.713. The molecule has 2 rings (SSSR count). The minimum atomic E-state index is -0.296. The first-order valence-corrected chi connectivity index (χ1v) is 6.67. The molecule has 2 atom stereocenters. The van der Waals surface area contributed by atoms with Gasteiger partial charge in [-0.25, -0.2) is 4.98 Å². The Morgan fingerprint density at radius 2 is 2.11 bits per heavy atom. The van der Waals surface area contributed by atoms with Crippen molar-refractivity contribution in [2.24, 2.45) is 0 Å². The largest absolute Gasteiger partial charge is 0.393 e. The fraction of sp³-hybridized carbons (Fsp3) is 0.400. The molecule has 0 spiro atoms. The molecule has 2 aromatic rings. The number of benzene rings is 1. The monoisotopic (exact) mass is 259 g/mol. The van der Waals surface area contributed by atoms with Gasteiger partial charge in [0.05, 0.1) is 12.6 Å². The zero-order chi connectivity index (χ0) is 13.5. The minimum absolute atomic E-state index is 0.296. The standard InChI is InChI=1S/C15H21N3O/c1-12(19)9-14(13-5-3-2-4-6-13)10-16-11-15-17-7-8-18-15/h2-8,12,14,16,19H,9-11H2,1H3,(H,17,18). The van der Waals surface area contributed by atoms with Gasteiger partial charge < -0.3 is 15.4 Å². The van der Waals surface area contributed by atoms with E-state index in [9.17, 15) is 5.11 Å². The SMILES string of the molecule is CC(O)CC(CNCc1ncc[nH]1)c1ccccc1. The van der Waals surface area contributed by atoms with Crippen LogP contribution in [0.15, 0.2) is 42.7 Å². The van der Waals surface area contributed by atoms with Crippen molar-refractivity contribution in [1.82, 2.24) is 15.3 Å². The van der Waals surface area contributed by atoms with Gasteiger partial charge >= 0.3 is 0 Å². The smallest absolute Gasteiger partial charge is 0.120 e. The number of imidazole rings is 1. The minimum Gasteiger partial charge on any atom is -0.393 e. The Hall–Kier alpha value is -1.65. The van der Waals surface area contributed by atoms with Gasteiger partial charge in [-0.2, -0.15) is 0 Å². The molecule has 19 heavy (non-hydrogen) atoms. The zero-order valence-electron chi connectivity index (χ0n) is 11.2. The molecule has 0 saturated heterocycles. The highest BCUT2D eigenvalue weighted by atomic mass is 16.3. The Labute approximate surface area is 113 Å². The third-order valence-electron chi connectivity index (χ3n) is 3.13. The number of rotatable bonds is 7. The molecule has 3 N–H and O–H groups in total. The molecule has 1 heterocycles. The lowest BCUT2D eigenvalue weighted by Gasteiger charge is -2.19. The first-order chi connectivity index (χ1) is 9.25. The van der Waals surface area contributed by atoms with E-state index in [1.165, 1.54) is 5.56 Å². The average molecular weight is 259 g/mol. The second kappa shape index (κ2) is 7.07. The van der Waals surface area contributed by atoms with Crippen LogP contribution in [0.1, 0.15) is 30.7 Å². The molecule has 0 bridgehead atoms. The molecule has 0 saturated carbocycles. The summed E-state index contributed by atoms with van der Waals surface area (Å²) in [6.07, 6.45) is 4.04. The average Bonchev–Trinajstić information content (AvgIpc) is 2.91. The molecule has 0 radical (unpaired) electrons. The van der Waals surface area contributed by atoms with Crippen LogP contribution in [0, 0.1) is 0 Å². The second-order valence-electron chi connectivity index (χ2n) is 4.86. The fourth-order valence-corrected chi connectivity index (χ4v) is 2.23. The molecule has 0 amide bonds. The lowest BCUT2D eigenvalue weighted by Crippen LogP contribution is -2.24. The van der Waals surface area contributed by atoms with Crippen LogP contribution in [0.5, 0.6) is 0 Å². The molecule has 2 unspecified atom stereocenters. The predicted molar refractivity (Wildman–Crippen MR) is 75.8 cm³/mol. The van der Waals surface area contributed by atoms with E-state index in [1.54, 1.807) is 6.20 Å². The molecule has 1 aromatic heterocycles. The zero-order valence-corrected chi connectivity index (χ0v) is 11.2. The Morgan fingerprint density at radius 3 is 2.74 bits per heavy atom. The summed E-state index contributed by atoms with van der Waals surface area (Å²) in [5.74, 6) is 1.25. The van der Waals surface area contributed by atoms with Gasteiger partial charge in [0, 0.05) is 18.9 Å². The fourth-order valence-electron chi connectivity index (χ4n) is 2.23. The van der Waals surface area contributed by atoms with E-state index in [0.717, 1.165) is 25.3 Å². The van der Waals surface area contributed by atoms with E-state index in [1.807, 2.05) is 31.3 Å². The number of nitrogens with one attached hydrogen (secondary N) is 2. The van der Waals surface area contributed by atoms with Crippen molar-refractivity contribution >= 4 is 0 Å². The van der Waals surface area contributed by atoms with Crippen LogP contribution in [0.25, 0.3) is 0 Å². The number of H-pyrrole nitrogens is 1. The third kappa shape index (κ3) is 4.50. The van der Waals surface area contributed by atoms with Gasteiger partial charge in [-0.15, -0.1) is 0 Å². The van der Waals surface area contributed by atoms with Crippen LogP contribution in [-0.4, -0.2) is 27.7 Å². The van der Waals surface area contributed by atoms with Gasteiger partial charge in [0.15, 0.2) is 0 Å². The van der Waals surface area contributed by atoms with Crippen LogP contribution < -0.4 is 5.32 Å². The lowest BCUT2D eigenvalue weighted by molar-refractivity contribution is 0.173. The number of aliphatic hydroxyl groups excluding tert-OH is 1. The summed E-state index contributed by atoms with van der Waals surface area (Å²) >= 11 is 0. The number of nitrogens with zero attached hydrogens (tertiary/aromatic N) is 1. The molecule has 0 aliphatic rings. The Morgan fingerprint density at radius 1 is 1.32 bits per heavy atom. The van der Waals surface area contributed by atoms with Gasteiger partial charge in [0.2, 0.25) is 0 Å². The Bertz CT molecular complexity index is 454. The highest BCUT2D eigenvalue weighted by molar-refractivity contribution is 5.20. The van der Waals surface area contributed by atoms with Crippen LogP contribution in [0.4, 0.5) is 0 Å². The highest BCUT2D eigenvalue weighted by Gasteiger charge is 2.13. The number of aliphatic hydroxyl groups is 1. The summed E-state index contributed by atoms with van der Waals surface area (Å²) in [7, 11) is 0. The molecule has 0 aliphatic heterocycles. The van der Waals surface area contributed by atoms with Crippen molar-refractivity contribution in [1.29, 1.82) is 0 Å². The van der Waals surface area contributed by atoms with Crippen molar-refractivity contribution in [3.8, 4) is 0 Å².